The minimum Gasteiger partial charge on any atom is -0.460 e. The molecule has 2 aromatic carbocycles. The number of ether oxygens (including phenoxy) is 4. The summed E-state index contributed by atoms with van der Waals surface area (Å²) in [6.45, 7) is 24.1. The molecule has 432 valence electrons. The Bertz CT molecular complexity index is 2790. The fourth-order valence-corrected chi connectivity index (χ4v) is 14.5. The molecule has 0 N–H and O–H groups in total. The van der Waals surface area contributed by atoms with Gasteiger partial charge < -0.3 is 28.7 Å². The second-order valence-electron chi connectivity index (χ2n) is 23.4. The van der Waals surface area contributed by atoms with Gasteiger partial charge in [-0.15, -0.1) is 22.7 Å². The van der Waals surface area contributed by atoms with E-state index in [0.29, 0.717) is 42.7 Å². The van der Waals surface area contributed by atoms with Gasteiger partial charge in [0.05, 0.1) is 54.6 Å². The topological polar surface area (TPSA) is 180 Å². The predicted molar refractivity (Wildman–Crippen MR) is 312 cm³/mol. The van der Waals surface area contributed by atoms with Gasteiger partial charge in [-0.25, -0.2) is 16.8 Å². The lowest BCUT2D eigenvalue weighted by Crippen LogP contribution is -2.57. The number of sulfone groups is 2. The summed E-state index contributed by atoms with van der Waals surface area (Å²) in [6.07, 6.45) is -3.72. The molecule has 0 spiro atoms. The molecule has 0 saturated carbocycles. The molecule has 22 heteroatoms. The van der Waals surface area contributed by atoms with Crippen LogP contribution in [-0.4, -0.2) is 107 Å². The van der Waals surface area contributed by atoms with E-state index in [1.54, 1.807) is 141 Å². The summed E-state index contributed by atoms with van der Waals surface area (Å²) in [5.41, 5.74) is -0.109. The van der Waals surface area contributed by atoms with Crippen LogP contribution in [-0.2, 0) is 57.8 Å². The van der Waals surface area contributed by atoms with Crippen molar-refractivity contribution in [2.45, 2.75) is 192 Å². The van der Waals surface area contributed by atoms with Crippen molar-refractivity contribution in [1.82, 2.24) is 9.80 Å². The van der Waals surface area contributed by atoms with Crippen LogP contribution in [0.1, 0.15) is 168 Å². The van der Waals surface area contributed by atoms with Crippen LogP contribution >= 0.6 is 69.1 Å². The number of rotatable bonds is 16. The van der Waals surface area contributed by atoms with E-state index in [-0.39, 0.29) is 24.3 Å². The lowest BCUT2D eigenvalue weighted by atomic mass is 9.93. The molecule has 6 rings (SSSR count). The number of hydrogen-bond donors (Lipinski definition) is 0. The van der Waals surface area contributed by atoms with Crippen LogP contribution in [0.2, 0.25) is 18.7 Å². The van der Waals surface area contributed by atoms with Crippen LogP contribution in [0.5, 0.6) is 0 Å². The zero-order chi connectivity index (χ0) is 58.7. The van der Waals surface area contributed by atoms with Crippen LogP contribution < -0.4 is 0 Å². The van der Waals surface area contributed by atoms with Crippen molar-refractivity contribution in [3.63, 3.8) is 0 Å². The third kappa shape index (κ3) is 16.9. The first-order valence-corrected chi connectivity index (χ1v) is 32.2. The van der Waals surface area contributed by atoms with E-state index in [0.717, 1.165) is 9.75 Å². The summed E-state index contributed by atoms with van der Waals surface area (Å²) < 4.78 is 76.2. The first-order valence-electron chi connectivity index (χ1n) is 25.7. The van der Waals surface area contributed by atoms with E-state index in [1.807, 2.05) is 38.1 Å². The molecule has 0 unspecified atom stereocenters. The molecule has 4 aromatic rings. The molecule has 4 heterocycles. The third-order valence-electron chi connectivity index (χ3n) is 12.9. The standard InChI is InChI=1S/2C28H37Cl2NO6S2/c2*1-8-19(16-39(34,35)28(5,6)7)31-24(21-12-13-22(30)38-21)25(17-10-9-11-18(29)14-17)36-20(26(31)33)15-23(32)37-27(2,3)4/h2*9-14,19-20,24-25H,8,15-16H2,1-7H3/t19-,20+,24+,25+;19-,20-,24+,25+/m00/s1. The van der Waals surface area contributed by atoms with Crippen molar-refractivity contribution in [3.05, 3.63) is 112 Å². The number of morpholine rings is 2. The molecule has 8 atom stereocenters. The Morgan fingerprint density at radius 3 is 1.15 bits per heavy atom. The Kier molecular flexibility index (Phi) is 21.7. The van der Waals surface area contributed by atoms with Crippen LogP contribution in [0.15, 0.2) is 72.8 Å². The minimum absolute atomic E-state index is 0.240. The number of benzene rings is 2. The molecule has 2 aliphatic heterocycles. The van der Waals surface area contributed by atoms with Crippen molar-refractivity contribution < 1.29 is 55.0 Å². The molecular weight excluding hydrogens is 1160 g/mol. The van der Waals surface area contributed by atoms with Gasteiger partial charge in [0, 0.05) is 31.9 Å². The van der Waals surface area contributed by atoms with Crippen molar-refractivity contribution in [3.8, 4) is 0 Å². The van der Waals surface area contributed by atoms with Gasteiger partial charge in [0.1, 0.15) is 35.6 Å². The van der Waals surface area contributed by atoms with Gasteiger partial charge in [-0.2, -0.15) is 0 Å². The van der Waals surface area contributed by atoms with Gasteiger partial charge in [0.25, 0.3) is 11.8 Å². The Morgan fingerprint density at radius 2 is 0.897 bits per heavy atom. The van der Waals surface area contributed by atoms with Gasteiger partial charge >= 0.3 is 11.9 Å². The van der Waals surface area contributed by atoms with Gasteiger partial charge in [-0.3, -0.25) is 19.2 Å². The number of carbonyl (C=O) groups excluding carboxylic acids is 4. The minimum atomic E-state index is -3.61. The summed E-state index contributed by atoms with van der Waals surface area (Å²) in [4.78, 5) is 58.6. The van der Waals surface area contributed by atoms with Crippen molar-refractivity contribution in [1.29, 1.82) is 0 Å². The molecule has 0 aliphatic carbocycles. The van der Waals surface area contributed by atoms with E-state index in [9.17, 15) is 36.0 Å². The van der Waals surface area contributed by atoms with E-state index in [4.69, 9.17) is 65.4 Å². The summed E-state index contributed by atoms with van der Waals surface area (Å²) in [7, 11) is -7.21. The second-order valence-corrected chi connectivity index (χ2v) is 33.3. The Balaban J connectivity index is 0.000000287. The monoisotopic (exact) mass is 1230 g/mol. The number of carbonyl (C=O) groups is 4. The molecule has 2 fully saturated rings. The lowest BCUT2D eigenvalue weighted by Gasteiger charge is -2.47. The van der Waals surface area contributed by atoms with Gasteiger partial charge in [0.2, 0.25) is 0 Å². The average molecular weight is 1240 g/mol. The normalized spacial score (nSPS) is 21.6. The van der Waals surface area contributed by atoms with Crippen molar-refractivity contribution >= 4 is 113 Å². The highest BCUT2D eigenvalue weighted by Gasteiger charge is 2.51. The summed E-state index contributed by atoms with van der Waals surface area (Å²) >= 11 is 27.9. The first kappa shape index (κ1) is 65.5. The van der Waals surface area contributed by atoms with Crippen molar-refractivity contribution in [2.24, 2.45) is 0 Å². The molecule has 2 aliphatic rings. The molecule has 2 amide bonds. The van der Waals surface area contributed by atoms with Crippen LogP contribution in [0, 0.1) is 0 Å². The number of esters is 2. The van der Waals surface area contributed by atoms with Gasteiger partial charge in [-0.1, -0.05) is 84.5 Å². The smallest absolute Gasteiger partial charge is 0.309 e. The molecule has 78 heavy (non-hydrogen) atoms. The molecule has 0 bridgehead atoms. The maximum absolute atomic E-state index is 14.1. The number of halogens is 4. The maximum Gasteiger partial charge on any atom is 0.309 e. The second kappa shape index (κ2) is 25.9. The molecule has 14 nitrogen and oxygen atoms in total. The van der Waals surface area contributed by atoms with Crippen molar-refractivity contribution in [2.75, 3.05) is 11.5 Å². The Hall–Kier alpha value is -3.30. The fourth-order valence-electron chi connectivity index (χ4n) is 8.90. The Morgan fingerprint density at radius 1 is 0.564 bits per heavy atom. The van der Waals surface area contributed by atoms with Gasteiger partial charge in [-0.05, 0) is 156 Å². The maximum atomic E-state index is 14.1. The summed E-state index contributed by atoms with van der Waals surface area (Å²) in [5.74, 6) is -2.59. The fraction of sp³-hybridized carbons (Fsp3) is 0.571. The summed E-state index contributed by atoms with van der Waals surface area (Å²) in [5, 5.41) is 0.960. The molecule has 0 radical (unpaired) electrons. The highest BCUT2D eigenvalue weighted by atomic mass is 35.5. The third-order valence-corrected chi connectivity index (χ3v) is 21.4. The Labute approximate surface area is 489 Å². The largest absolute Gasteiger partial charge is 0.460 e. The van der Waals surface area contributed by atoms with Crippen LogP contribution in [0.3, 0.4) is 0 Å². The number of thiophene rings is 2. The number of hydrogen-bond acceptors (Lipinski definition) is 14. The predicted octanol–water partition coefficient (Wildman–Crippen LogP) is 13.6. The highest BCUT2D eigenvalue weighted by Crippen LogP contribution is 2.49. The van der Waals surface area contributed by atoms with E-state index in [2.05, 4.69) is 0 Å². The van der Waals surface area contributed by atoms with E-state index >= 15 is 0 Å². The SMILES string of the molecule is CC[C@@H](CS(=O)(=O)C(C)(C)C)N1C(=O)[C@@H](CC(=O)OC(C)(C)C)O[C@H](c2cccc(Cl)c2)[C@H]1c1ccc(Cl)s1.CC[C@@H](CS(=O)(=O)C(C)(C)C)N1C(=O)[C@H](CC(=O)OC(C)(C)C)O[C@H](c2cccc(Cl)c2)[C@H]1c1ccc(Cl)s1. The molecule has 2 saturated heterocycles. The highest BCUT2D eigenvalue weighted by molar-refractivity contribution is 7.93. The number of amides is 2. The summed E-state index contributed by atoms with van der Waals surface area (Å²) in [6, 6.07) is 18.6. The van der Waals surface area contributed by atoms with Crippen LogP contribution in [0.4, 0.5) is 0 Å². The average Bonchev–Trinajstić information content (AvgIpc) is 3.95. The quantitative estimate of drug-likeness (QED) is 0.0970. The number of nitrogens with zero attached hydrogens (tertiary/aromatic N) is 2. The van der Waals surface area contributed by atoms with E-state index < -0.39 is 113 Å². The van der Waals surface area contributed by atoms with E-state index in [1.165, 1.54) is 22.7 Å². The lowest BCUT2D eigenvalue weighted by molar-refractivity contribution is -0.185. The van der Waals surface area contributed by atoms with Gasteiger partial charge in [0.15, 0.2) is 19.7 Å². The van der Waals surface area contributed by atoms with Crippen LogP contribution in [0.25, 0.3) is 0 Å². The zero-order valence-corrected chi connectivity index (χ0v) is 53.0. The zero-order valence-electron chi connectivity index (χ0n) is 46.7. The molecule has 2 aromatic heterocycles. The first-order chi connectivity index (χ1) is 35.9. The molecular formula is C56H74Cl4N2O12S4.